The Bertz CT molecular complexity index is 640. The largest absolute Gasteiger partial charge is 0.387 e. The number of hydrogen-bond donors (Lipinski definition) is 2. The highest BCUT2D eigenvalue weighted by Gasteiger charge is 2.15. The predicted octanol–water partition coefficient (Wildman–Crippen LogP) is 3.58. The Hall–Kier alpha value is -2.07. The molecular weight excluding hydrogens is 286 g/mol. The van der Waals surface area contributed by atoms with Crippen molar-refractivity contribution in [3.8, 4) is 0 Å². The third-order valence-corrected chi connectivity index (χ3v) is 3.52. The van der Waals surface area contributed by atoms with Crippen molar-refractivity contribution in [2.24, 2.45) is 0 Å². The minimum atomic E-state index is -0.158. The second kappa shape index (κ2) is 6.59. The number of carbonyl (C=O) groups excluding carboxylic acids is 1. The highest BCUT2D eigenvalue weighted by molar-refractivity contribution is 6.30. The quantitative estimate of drug-likeness (QED) is 0.908. The van der Waals surface area contributed by atoms with Gasteiger partial charge in [-0.3, -0.25) is 9.78 Å². The number of halogens is 1. The third-order valence-electron chi connectivity index (χ3n) is 3.27. The van der Waals surface area contributed by atoms with E-state index in [1.54, 1.807) is 13.2 Å². The van der Waals surface area contributed by atoms with Gasteiger partial charge in [-0.2, -0.15) is 0 Å². The predicted molar refractivity (Wildman–Crippen MR) is 85.9 cm³/mol. The van der Waals surface area contributed by atoms with Gasteiger partial charge >= 0.3 is 0 Å². The molecule has 0 fully saturated rings. The van der Waals surface area contributed by atoms with Crippen LogP contribution in [0.1, 0.15) is 34.6 Å². The Kier molecular flexibility index (Phi) is 4.81. The van der Waals surface area contributed by atoms with E-state index < -0.39 is 0 Å². The van der Waals surface area contributed by atoms with Crippen molar-refractivity contribution in [3.63, 3.8) is 0 Å². The summed E-state index contributed by atoms with van der Waals surface area (Å²) in [7, 11) is 1.79. The molecule has 0 aliphatic rings. The number of rotatable bonds is 4. The summed E-state index contributed by atoms with van der Waals surface area (Å²) in [6.45, 7) is 3.82. The van der Waals surface area contributed by atoms with Crippen molar-refractivity contribution in [1.82, 2.24) is 10.3 Å². The van der Waals surface area contributed by atoms with Gasteiger partial charge in [-0.1, -0.05) is 23.7 Å². The second-order valence-electron chi connectivity index (χ2n) is 4.87. The molecule has 4 nitrogen and oxygen atoms in total. The van der Waals surface area contributed by atoms with E-state index in [-0.39, 0.29) is 11.9 Å². The molecular formula is C16H18ClN3O. The number of benzene rings is 1. The molecule has 1 unspecified atom stereocenters. The number of carbonyl (C=O) groups is 1. The number of anilines is 1. The van der Waals surface area contributed by atoms with Gasteiger partial charge in [0.15, 0.2) is 0 Å². The van der Waals surface area contributed by atoms with E-state index in [4.69, 9.17) is 11.6 Å². The van der Waals surface area contributed by atoms with Crippen LogP contribution in [0.3, 0.4) is 0 Å². The molecule has 1 atom stereocenters. The highest BCUT2D eigenvalue weighted by Crippen LogP contribution is 2.19. The van der Waals surface area contributed by atoms with E-state index in [0.717, 1.165) is 16.9 Å². The van der Waals surface area contributed by atoms with E-state index in [2.05, 4.69) is 15.6 Å². The topological polar surface area (TPSA) is 54.0 Å². The number of nitrogens with one attached hydrogen (secondary N) is 2. The molecule has 1 aromatic carbocycles. The highest BCUT2D eigenvalue weighted by atomic mass is 35.5. The van der Waals surface area contributed by atoms with Crippen molar-refractivity contribution in [1.29, 1.82) is 0 Å². The fraction of sp³-hybridized carbons (Fsp3) is 0.250. The van der Waals surface area contributed by atoms with Gasteiger partial charge in [-0.15, -0.1) is 0 Å². The summed E-state index contributed by atoms with van der Waals surface area (Å²) >= 11 is 5.87. The molecule has 0 spiro atoms. The van der Waals surface area contributed by atoms with Crippen molar-refractivity contribution in [2.75, 3.05) is 12.4 Å². The van der Waals surface area contributed by atoms with Gasteiger partial charge in [0.05, 0.1) is 17.3 Å². The van der Waals surface area contributed by atoms with Crippen LogP contribution in [0, 0.1) is 6.92 Å². The smallest absolute Gasteiger partial charge is 0.255 e. The van der Waals surface area contributed by atoms with Crippen LogP contribution in [0.25, 0.3) is 0 Å². The fourth-order valence-corrected chi connectivity index (χ4v) is 2.18. The number of aromatic nitrogens is 1. The van der Waals surface area contributed by atoms with Crippen molar-refractivity contribution in [3.05, 3.63) is 58.4 Å². The molecule has 110 valence electrons. The molecule has 21 heavy (non-hydrogen) atoms. The van der Waals surface area contributed by atoms with Gasteiger partial charge in [0.25, 0.3) is 5.91 Å². The Labute approximate surface area is 129 Å². The second-order valence-corrected chi connectivity index (χ2v) is 5.30. The number of aryl methyl sites for hydroxylation is 1. The summed E-state index contributed by atoms with van der Waals surface area (Å²) in [4.78, 5) is 16.6. The Morgan fingerprint density at radius 1 is 1.29 bits per heavy atom. The monoisotopic (exact) mass is 303 g/mol. The molecule has 2 N–H and O–H groups in total. The number of nitrogens with zero attached hydrogens (tertiary/aromatic N) is 1. The summed E-state index contributed by atoms with van der Waals surface area (Å²) in [5.74, 6) is -0.158. The maximum atomic E-state index is 12.4. The van der Waals surface area contributed by atoms with Crippen molar-refractivity contribution >= 4 is 23.2 Å². The Balaban J connectivity index is 2.16. The standard InChI is InChI=1S/C16H18ClN3O/c1-10-8-15(18-3)14(9-19-10)16(21)20-11(2)12-4-6-13(17)7-5-12/h4-9,11H,1-3H3,(H,18,19)(H,20,21). The van der Waals surface area contributed by atoms with Gasteiger partial charge in [0, 0.05) is 24.0 Å². The van der Waals surface area contributed by atoms with Crippen LogP contribution >= 0.6 is 11.6 Å². The summed E-state index contributed by atoms with van der Waals surface area (Å²) < 4.78 is 0. The Morgan fingerprint density at radius 2 is 1.95 bits per heavy atom. The zero-order valence-corrected chi connectivity index (χ0v) is 13.0. The summed E-state index contributed by atoms with van der Waals surface area (Å²) in [6.07, 6.45) is 1.59. The first-order valence-electron chi connectivity index (χ1n) is 6.72. The van der Waals surface area contributed by atoms with Crippen molar-refractivity contribution in [2.45, 2.75) is 19.9 Å². The molecule has 0 aliphatic heterocycles. The molecule has 1 heterocycles. The summed E-state index contributed by atoms with van der Waals surface area (Å²) in [5, 5.41) is 6.66. The van der Waals surface area contributed by atoms with Crippen LogP contribution in [0.15, 0.2) is 36.5 Å². The molecule has 0 aliphatic carbocycles. The minimum Gasteiger partial charge on any atom is -0.387 e. The minimum absolute atomic E-state index is 0.110. The fourth-order valence-electron chi connectivity index (χ4n) is 2.06. The third kappa shape index (κ3) is 3.73. The normalized spacial score (nSPS) is 11.8. The first-order chi connectivity index (χ1) is 10.0. The maximum Gasteiger partial charge on any atom is 0.255 e. The van der Waals surface area contributed by atoms with Crippen LogP contribution in [-0.4, -0.2) is 17.9 Å². The molecule has 1 aromatic heterocycles. The molecule has 0 saturated heterocycles. The average Bonchev–Trinajstić information content (AvgIpc) is 2.47. The molecule has 5 heteroatoms. The number of hydrogen-bond acceptors (Lipinski definition) is 3. The van der Waals surface area contributed by atoms with E-state index in [0.29, 0.717) is 10.6 Å². The van der Waals surface area contributed by atoms with E-state index >= 15 is 0 Å². The van der Waals surface area contributed by atoms with Gasteiger partial charge < -0.3 is 10.6 Å². The van der Waals surface area contributed by atoms with Gasteiger partial charge in [-0.05, 0) is 37.6 Å². The van der Waals surface area contributed by atoms with E-state index in [1.807, 2.05) is 44.2 Å². The number of amides is 1. The lowest BCUT2D eigenvalue weighted by Gasteiger charge is -2.16. The lowest BCUT2D eigenvalue weighted by atomic mass is 10.1. The van der Waals surface area contributed by atoms with Crippen LogP contribution in [-0.2, 0) is 0 Å². The molecule has 0 bridgehead atoms. The van der Waals surface area contributed by atoms with Crippen LogP contribution < -0.4 is 10.6 Å². The summed E-state index contributed by atoms with van der Waals surface area (Å²) in [5.41, 5.74) is 3.16. The van der Waals surface area contributed by atoms with Gasteiger partial charge in [0.1, 0.15) is 0 Å². The zero-order chi connectivity index (χ0) is 15.4. The van der Waals surface area contributed by atoms with Crippen LogP contribution in [0.2, 0.25) is 5.02 Å². The van der Waals surface area contributed by atoms with Crippen LogP contribution in [0.5, 0.6) is 0 Å². The van der Waals surface area contributed by atoms with E-state index in [1.165, 1.54) is 0 Å². The van der Waals surface area contributed by atoms with Crippen molar-refractivity contribution < 1.29 is 4.79 Å². The van der Waals surface area contributed by atoms with Crippen LogP contribution in [0.4, 0.5) is 5.69 Å². The van der Waals surface area contributed by atoms with Gasteiger partial charge in [0.2, 0.25) is 0 Å². The SMILES string of the molecule is CNc1cc(C)ncc1C(=O)NC(C)c1ccc(Cl)cc1. The van der Waals surface area contributed by atoms with Gasteiger partial charge in [-0.25, -0.2) is 0 Å². The molecule has 2 rings (SSSR count). The molecule has 0 saturated carbocycles. The van der Waals surface area contributed by atoms with E-state index in [9.17, 15) is 4.79 Å². The maximum absolute atomic E-state index is 12.4. The lowest BCUT2D eigenvalue weighted by molar-refractivity contribution is 0.0940. The molecule has 0 radical (unpaired) electrons. The first kappa shape index (κ1) is 15.3. The first-order valence-corrected chi connectivity index (χ1v) is 7.09. The Morgan fingerprint density at radius 3 is 2.57 bits per heavy atom. The molecule has 2 aromatic rings. The zero-order valence-electron chi connectivity index (χ0n) is 12.3. The lowest BCUT2D eigenvalue weighted by Crippen LogP contribution is -2.27. The average molecular weight is 304 g/mol. The summed E-state index contributed by atoms with van der Waals surface area (Å²) in [6, 6.07) is 9.17. The molecule has 1 amide bonds. The number of pyridine rings is 1.